The standard InChI is InChI=1S/C8H21NSi/c1-5-8(4)10(7-3)9-6-2/h8-10H,5-7H2,1-4H3. The third-order valence-electron chi connectivity index (χ3n) is 2.24. The first-order valence-electron chi connectivity index (χ1n) is 4.49. The average molecular weight is 159 g/mol. The highest BCUT2D eigenvalue weighted by atomic mass is 28.3. The van der Waals surface area contributed by atoms with Gasteiger partial charge in [-0.2, -0.15) is 0 Å². The van der Waals surface area contributed by atoms with Gasteiger partial charge in [-0.15, -0.1) is 0 Å². The van der Waals surface area contributed by atoms with Crippen molar-refractivity contribution in [2.75, 3.05) is 6.54 Å². The van der Waals surface area contributed by atoms with E-state index in [4.69, 9.17) is 0 Å². The summed E-state index contributed by atoms with van der Waals surface area (Å²) in [5.74, 6) is 0. The summed E-state index contributed by atoms with van der Waals surface area (Å²) in [6.07, 6.45) is 1.34. The van der Waals surface area contributed by atoms with Crippen molar-refractivity contribution in [2.45, 2.75) is 45.7 Å². The van der Waals surface area contributed by atoms with Crippen molar-refractivity contribution in [3.63, 3.8) is 0 Å². The molecule has 0 saturated heterocycles. The van der Waals surface area contributed by atoms with Gasteiger partial charge in [0.1, 0.15) is 8.96 Å². The van der Waals surface area contributed by atoms with Gasteiger partial charge < -0.3 is 4.98 Å². The largest absolute Gasteiger partial charge is 0.340 e. The maximum Gasteiger partial charge on any atom is 0.111 e. The second-order valence-corrected chi connectivity index (χ2v) is 6.53. The Balaban J connectivity index is 3.56. The number of nitrogens with one attached hydrogen (secondary N) is 1. The zero-order chi connectivity index (χ0) is 7.98. The van der Waals surface area contributed by atoms with Crippen molar-refractivity contribution in [2.24, 2.45) is 0 Å². The van der Waals surface area contributed by atoms with E-state index >= 15 is 0 Å². The quantitative estimate of drug-likeness (QED) is 0.606. The summed E-state index contributed by atoms with van der Waals surface area (Å²) in [7, 11) is -0.557. The molecule has 0 aromatic heterocycles. The van der Waals surface area contributed by atoms with E-state index in [9.17, 15) is 0 Å². The first-order valence-corrected chi connectivity index (χ1v) is 6.55. The highest BCUT2D eigenvalue weighted by Crippen LogP contribution is 2.13. The number of hydrogen-bond donors (Lipinski definition) is 1. The monoisotopic (exact) mass is 159 g/mol. The molecule has 0 fully saturated rings. The lowest BCUT2D eigenvalue weighted by Gasteiger charge is -2.19. The van der Waals surface area contributed by atoms with Crippen molar-refractivity contribution in [1.29, 1.82) is 0 Å². The van der Waals surface area contributed by atoms with E-state index in [2.05, 4.69) is 32.7 Å². The summed E-state index contributed by atoms with van der Waals surface area (Å²) in [5, 5.41) is 0. The molecule has 0 amide bonds. The van der Waals surface area contributed by atoms with Gasteiger partial charge >= 0.3 is 0 Å². The van der Waals surface area contributed by atoms with Crippen molar-refractivity contribution in [1.82, 2.24) is 4.98 Å². The third-order valence-corrected chi connectivity index (χ3v) is 5.89. The maximum absolute atomic E-state index is 3.62. The SMILES string of the molecule is CCN[SiH](CC)C(C)CC. The molecule has 0 aliphatic carbocycles. The lowest BCUT2D eigenvalue weighted by atomic mass is 10.4. The fourth-order valence-corrected chi connectivity index (χ4v) is 3.88. The van der Waals surface area contributed by atoms with E-state index in [1.54, 1.807) is 0 Å². The zero-order valence-electron chi connectivity index (χ0n) is 7.78. The molecule has 0 heterocycles. The van der Waals surface area contributed by atoms with Crippen LogP contribution in [0, 0.1) is 0 Å². The van der Waals surface area contributed by atoms with Gasteiger partial charge in [0, 0.05) is 0 Å². The van der Waals surface area contributed by atoms with Gasteiger partial charge in [-0.25, -0.2) is 0 Å². The minimum absolute atomic E-state index is 0.557. The van der Waals surface area contributed by atoms with Crippen molar-refractivity contribution < 1.29 is 0 Å². The van der Waals surface area contributed by atoms with Gasteiger partial charge in [-0.05, 0) is 18.1 Å². The van der Waals surface area contributed by atoms with Crippen molar-refractivity contribution >= 4 is 8.96 Å². The molecule has 0 spiro atoms. The molecule has 2 atom stereocenters. The Bertz CT molecular complexity index is 75.7. The molecule has 0 saturated carbocycles. The Hall–Kier alpha value is 0.177. The molecule has 0 aliphatic rings. The summed E-state index contributed by atoms with van der Waals surface area (Å²) in [6.45, 7) is 10.3. The molecule has 0 aromatic carbocycles. The molecule has 0 bridgehead atoms. The van der Waals surface area contributed by atoms with Crippen LogP contribution in [-0.2, 0) is 0 Å². The topological polar surface area (TPSA) is 12.0 Å². The van der Waals surface area contributed by atoms with Crippen LogP contribution < -0.4 is 4.98 Å². The van der Waals surface area contributed by atoms with Crippen LogP contribution in [0.3, 0.4) is 0 Å². The van der Waals surface area contributed by atoms with Gasteiger partial charge in [-0.1, -0.05) is 34.1 Å². The Morgan fingerprint density at radius 3 is 2.20 bits per heavy atom. The maximum atomic E-state index is 3.62. The van der Waals surface area contributed by atoms with Crippen LogP contribution in [0.25, 0.3) is 0 Å². The Morgan fingerprint density at radius 1 is 1.30 bits per heavy atom. The molecule has 62 valence electrons. The van der Waals surface area contributed by atoms with Gasteiger partial charge in [-0.3, -0.25) is 0 Å². The fraction of sp³-hybridized carbons (Fsp3) is 1.00. The van der Waals surface area contributed by atoms with Crippen LogP contribution >= 0.6 is 0 Å². The van der Waals surface area contributed by atoms with Crippen LogP contribution in [0.2, 0.25) is 11.6 Å². The lowest BCUT2D eigenvalue weighted by Crippen LogP contribution is -2.36. The summed E-state index contributed by atoms with van der Waals surface area (Å²) in [4.78, 5) is 3.62. The van der Waals surface area contributed by atoms with Crippen molar-refractivity contribution in [3.8, 4) is 0 Å². The van der Waals surface area contributed by atoms with Crippen LogP contribution in [0.1, 0.15) is 34.1 Å². The average Bonchev–Trinajstić information content (AvgIpc) is 1.99. The van der Waals surface area contributed by atoms with Crippen molar-refractivity contribution in [3.05, 3.63) is 0 Å². The molecule has 0 rings (SSSR count). The van der Waals surface area contributed by atoms with Crippen LogP contribution in [0.5, 0.6) is 0 Å². The summed E-state index contributed by atoms with van der Waals surface area (Å²) < 4.78 is 0. The lowest BCUT2D eigenvalue weighted by molar-refractivity contribution is 0.810. The molecule has 0 radical (unpaired) electrons. The third kappa shape index (κ3) is 3.37. The zero-order valence-corrected chi connectivity index (χ0v) is 8.93. The minimum Gasteiger partial charge on any atom is -0.340 e. The van der Waals surface area contributed by atoms with Gasteiger partial charge in [0.05, 0.1) is 0 Å². The summed E-state index contributed by atoms with van der Waals surface area (Å²) in [5.41, 5.74) is 0.963. The second kappa shape index (κ2) is 5.92. The van der Waals surface area contributed by atoms with Crippen LogP contribution in [0.4, 0.5) is 0 Å². The molecule has 10 heavy (non-hydrogen) atoms. The molecule has 0 aromatic rings. The van der Waals surface area contributed by atoms with E-state index in [0.29, 0.717) is 0 Å². The van der Waals surface area contributed by atoms with Gasteiger partial charge in [0.15, 0.2) is 0 Å². The molecule has 2 unspecified atom stereocenters. The number of hydrogen-bond acceptors (Lipinski definition) is 1. The fourth-order valence-electron chi connectivity index (χ4n) is 1.29. The normalized spacial score (nSPS) is 16.8. The highest BCUT2D eigenvalue weighted by molar-refractivity contribution is 6.57. The minimum atomic E-state index is -0.557. The van der Waals surface area contributed by atoms with E-state index in [1.807, 2.05) is 0 Å². The molecule has 1 N–H and O–H groups in total. The predicted molar refractivity (Wildman–Crippen MR) is 51.0 cm³/mol. The Morgan fingerprint density at radius 2 is 1.90 bits per heavy atom. The van der Waals surface area contributed by atoms with Gasteiger partial charge in [0.25, 0.3) is 0 Å². The highest BCUT2D eigenvalue weighted by Gasteiger charge is 2.13. The first kappa shape index (κ1) is 10.2. The Labute approximate surface area is 66.9 Å². The van der Waals surface area contributed by atoms with Crippen LogP contribution in [0.15, 0.2) is 0 Å². The smallest absolute Gasteiger partial charge is 0.111 e. The molecular weight excluding hydrogens is 138 g/mol. The predicted octanol–water partition coefficient (Wildman–Crippen LogP) is 2.14. The Kier molecular flexibility index (Phi) is 6.03. The van der Waals surface area contributed by atoms with Crippen LogP contribution in [-0.4, -0.2) is 15.5 Å². The van der Waals surface area contributed by atoms with E-state index < -0.39 is 8.96 Å². The molecular formula is C8H21NSi. The molecule has 0 aliphatic heterocycles. The summed E-state index contributed by atoms with van der Waals surface area (Å²) >= 11 is 0. The molecule has 2 heteroatoms. The van der Waals surface area contributed by atoms with Gasteiger partial charge in [0.2, 0.25) is 0 Å². The van der Waals surface area contributed by atoms with E-state index in [0.717, 1.165) is 12.1 Å². The molecule has 1 nitrogen and oxygen atoms in total. The first-order chi connectivity index (χ1) is 4.76. The summed E-state index contributed by atoms with van der Waals surface area (Å²) in [6, 6.07) is 1.39. The van der Waals surface area contributed by atoms with E-state index in [1.165, 1.54) is 12.5 Å². The second-order valence-electron chi connectivity index (χ2n) is 2.96. The van der Waals surface area contributed by atoms with E-state index in [-0.39, 0.29) is 0 Å². The number of rotatable bonds is 5.